The van der Waals surface area contributed by atoms with Gasteiger partial charge in [-0.2, -0.15) is 0 Å². The minimum Gasteiger partial charge on any atom is -0.316 e. The molecule has 2 heteroatoms. The van der Waals surface area contributed by atoms with E-state index in [0.717, 1.165) is 19.0 Å². The van der Waals surface area contributed by atoms with Crippen molar-refractivity contribution in [2.45, 2.75) is 32.1 Å². The largest absolute Gasteiger partial charge is 0.316 e. The second-order valence-electron chi connectivity index (χ2n) is 4.55. The van der Waals surface area contributed by atoms with Gasteiger partial charge in [0.15, 0.2) is 0 Å². The van der Waals surface area contributed by atoms with Crippen LogP contribution in [0.2, 0.25) is 0 Å². The van der Waals surface area contributed by atoms with Crippen LogP contribution in [0.5, 0.6) is 0 Å². The summed E-state index contributed by atoms with van der Waals surface area (Å²) in [6.45, 7) is 6.79. The van der Waals surface area contributed by atoms with E-state index in [0.29, 0.717) is 5.41 Å². The Balaban J connectivity index is 2.08. The highest BCUT2D eigenvalue weighted by molar-refractivity contribution is 7.10. The lowest BCUT2D eigenvalue weighted by atomic mass is 9.62. The molecule has 0 aromatic carbocycles. The van der Waals surface area contributed by atoms with Crippen molar-refractivity contribution < 1.29 is 0 Å². The van der Waals surface area contributed by atoms with E-state index in [4.69, 9.17) is 0 Å². The first kappa shape index (κ1) is 10.2. The van der Waals surface area contributed by atoms with Gasteiger partial charge in [-0.15, -0.1) is 11.3 Å². The molecule has 1 aliphatic carbocycles. The summed E-state index contributed by atoms with van der Waals surface area (Å²) in [6.07, 6.45) is 2.72. The van der Waals surface area contributed by atoms with E-state index in [-0.39, 0.29) is 0 Å². The van der Waals surface area contributed by atoms with E-state index in [1.807, 2.05) is 11.3 Å². The number of hydrogen-bond acceptors (Lipinski definition) is 2. The molecular formula is C12H19NS. The van der Waals surface area contributed by atoms with Gasteiger partial charge in [-0.25, -0.2) is 0 Å². The molecule has 0 unspecified atom stereocenters. The first-order valence-corrected chi connectivity index (χ1v) is 6.39. The predicted octanol–water partition coefficient (Wildman–Crippen LogP) is 3.03. The second-order valence-corrected chi connectivity index (χ2v) is 5.50. The summed E-state index contributed by atoms with van der Waals surface area (Å²) in [5.74, 6) is 0.913. The molecular weight excluding hydrogens is 190 g/mol. The Kier molecular flexibility index (Phi) is 2.93. The van der Waals surface area contributed by atoms with Crippen LogP contribution in [0, 0.1) is 5.92 Å². The van der Waals surface area contributed by atoms with Crippen LogP contribution in [0.3, 0.4) is 0 Å². The standard InChI is InChI=1S/C12H19NS/c1-3-13-9-12(7-10(2)8-12)11-5-4-6-14-11/h4-6,10,13H,3,7-9H2,1-2H3. The molecule has 0 bridgehead atoms. The quantitative estimate of drug-likeness (QED) is 0.803. The van der Waals surface area contributed by atoms with Crippen LogP contribution in [0.1, 0.15) is 31.6 Å². The lowest BCUT2D eigenvalue weighted by Crippen LogP contribution is -2.47. The summed E-state index contributed by atoms with van der Waals surface area (Å²) in [4.78, 5) is 1.58. The van der Waals surface area contributed by atoms with E-state index in [9.17, 15) is 0 Å². The third-order valence-corrected chi connectivity index (χ3v) is 4.35. The molecule has 1 nitrogen and oxygen atoms in total. The number of likely N-dealkylation sites (N-methyl/N-ethyl adjacent to an activating group) is 1. The van der Waals surface area contributed by atoms with E-state index >= 15 is 0 Å². The van der Waals surface area contributed by atoms with Crippen molar-refractivity contribution in [1.29, 1.82) is 0 Å². The normalized spacial score (nSPS) is 31.4. The SMILES string of the molecule is CCNCC1(c2cccs2)CC(C)C1. The highest BCUT2D eigenvalue weighted by Gasteiger charge is 2.43. The molecule has 0 atom stereocenters. The van der Waals surface area contributed by atoms with Gasteiger partial charge in [-0.1, -0.05) is 19.9 Å². The number of thiophene rings is 1. The Morgan fingerprint density at radius 2 is 2.36 bits per heavy atom. The van der Waals surface area contributed by atoms with Crippen LogP contribution in [0.25, 0.3) is 0 Å². The van der Waals surface area contributed by atoms with Gasteiger partial charge in [0.2, 0.25) is 0 Å². The highest BCUT2D eigenvalue weighted by atomic mass is 32.1. The summed E-state index contributed by atoms with van der Waals surface area (Å²) in [6, 6.07) is 4.48. The average molecular weight is 209 g/mol. The van der Waals surface area contributed by atoms with Crippen LogP contribution in [-0.4, -0.2) is 13.1 Å². The minimum absolute atomic E-state index is 0.476. The Morgan fingerprint density at radius 3 is 2.86 bits per heavy atom. The Labute approximate surface area is 90.5 Å². The number of nitrogens with one attached hydrogen (secondary N) is 1. The number of rotatable bonds is 4. The fraction of sp³-hybridized carbons (Fsp3) is 0.667. The number of hydrogen-bond donors (Lipinski definition) is 1. The fourth-order valence-corrected chi connectivity index (χ4v) is 3.60. The molecule has 0 radical (unpaired) electrons. The molecule has 1 N–H and O–H groups in total. The van der Waals surface area contributed by atoms with Gasteiger partial charge in [0, 0.05) is 16.8 Å². The molecule has 2 rings (SSSR count). The van der Waals surface area contributed by atoms with E-state index in [1.54, 1.807) is 4.88 Å². The van der Waals surface area contributed by atoms with E-state index in [1.165, 1.54) is 12.8 Å². The monoisotopic (exact) mass is 209 g/mol. The smallest absolute Gasteiger partial charge is 0.0177 e. The van der Waals surface area contributed by atoms with Crippen molar-refractivity contribution in [2.75, 3.05) is 13.1 Å². The maximum Gasteiger partial charge on any atom is 0.0177 e. The van der Waals surface area contributed by atoms with Crippen LogP contribution >= 0.6 is 11.3 Å². The first-order chi connectivity index (χ1) is 6.77. The third-order valence-electron chi connectivity index (χ3n) is 3.24. The average Bonchev–Trinajstić information content (AvgIpc) is 2.63. The van der Waals surface area contributed by atoms with Crippen LogP contribution in [0.4, 0.5) is 0 Å². The van der Waals surface area contributed by atoms with Gasteiger partial charge in [-0.05, 0) is 36.8 Å². The van der Waals surface area contributed by atoms with E-state index < -0.39 is 0 Å². The zero-order valence-electron chi connectivity index (χ0n) is 9.05. The molecule has 0 spiro atoms. The summed E-state index contributed by atoms with van der Waals surface area (Å²) < 4.78 is 0. The molecule has 1 fully saturated rings. The molecule has 1 heterocycles. The minimum atomic E-state index is 0.476. The lowest BCUT2D eigenvalue weighted by Gasteiger charge is -2.46. The molecule has 1 aromatic heterocycles. The van der Waals surface area contributed by atoms with Gasteiger partial charge in [-0.3, -0.25) is 0 Å². The van der Waals surface area contributed by atoms with Crippen molar-refractivity contribution in [2.24, 2.45) is 5.92 Å². The van der Waals surface area contributed by atoms with Crippen LogP contribution in [0.15, 0.2) is 17.5 Å². The first-order valence-electron chi connectivity index (χ1n) is 5.51. The third kappa shape index (κ3) is 1.73. The Hall–Kier alpha value is -0.340. The molecule has 0 aliphatic heterocycles. The van der Waals surface area contributed by atoms with Gasteiger partial charge in [0.05, 0.1) is 0 Å². The topological polar surface area (TPSA) is 12.0 Å². The van der Waals surface area contributed by atoms with Crippen molar-refractivity contribution >= 4 is 11.3 Å². The molecule has 78 valence electrons. The molecule has 0 saturated heterocycles. The lowest BCUT2D eigenvalue weighted by molar-refractivity contribution is 0.157. The molecule has 1 aliphatic rings. The van der Waals surface area contributed by atoms with Gasteiger partial charge in [0.25, 0.3) is 0 Å². The zero-order valence-corrected chi connectivity index (χ0v) is 9.86. The molecule has 1 aromatic rings. The van der Waals surface area contributed by atoms with Crippen molar-refractivity contribution in [3.63, 3.8) is 0 Å². The summed E-state index contributed by atoms with van der Waals surface area (Å²) in [5.41, 5.74) is 0.476. The fourth-order valence-electron chi connectivity index (χ4n) is 2.65. The van der Waals surface area contributed by atoms with Crippen molar-refractivity contribution in [3.8, 4) is 0 Å². The van der Waals surface area contributed by atoms with Crippen molar-refractivity contribution in [1.82, 2.24) is 5.32 Å². The summed E-state index contributed by atoms with van der Waals surface area (Å²) in [5, 5.41) is 5.71. The Bertz CT molecular complexity index is 273. The Morgan fingerprint density at radius 1 is 1.57 bits per heavy atom. The zero-order chi connectivity index (χ0) is 10.0. The maximum absolute atomic E-state index is 3.51. The molecule has 0 amide bonds. The van der Waals surface area contributed by atoms with Gasteiger partial charge in [0.1, 0.15) is 0 Å². The molecule has 1 saturated carbocycles. The van der Waals surface area contributed by atoms with Crippen LogP contribution < -0.4 is 5.32 Å². The second kappa shape index (κ2) is 4.03. The van der Waals surface area contributed by atoms with Crippen LogP contribution in [-0.2, 0) is 5.41 Å². The summed E-state index contributed by atoms with van der Waals surface area (Å²) in [7, 11) is 0. The molecule has 14 heavy (non-hydrogen) atoms. The summed E-state index contributed by atoms with van der Waals surface area (Å²) >= 11 is 1.92. The highest BCUT2D eigenvalue weighted by Crippen LogP contribution is 2.48. The van der Waals surface area contributed by atoms with Crippen molar-refractivity contribution in [3.05, 3.63) is 22.4 Å². The van der Waals surface area contributed by atoms with E-state index in [2.05, 4.69) is 36.7 Å². The van der Waals surface area contributed by atoms with Gasteiger partial charge < -0.3 is 5.32 Å². The maximum atomic E-state index is 3.51. The van der Waals surface area contributed by atoms with Gasteiger partial charge >= 0.3 is 0 Å². The predicted molar refractivity (Wildman–Crippen MR) is 62.9 cm³/mol.